The number of aromatic nitrogens is 2. The van der Waals surface area contributed by atoms with Gasteiger partial charge in [0.2, 0.25) is 66.6 Å². The number of carbonyl (C=O) groups is 8. The number of esters is 2. The fourth-order valence-electron chi connectivity index (χ4n) is 17.3. The highest BCUT2D eigenvalue weighted by atomic mass is 32.2. The van der Waals surface area contributed by atoms with Gasteiger partial charge in [0.05, 0.1) is 110 Å². The SMILES string of the molecule is CCOc1cnc(O[C@@H]2C[C@H]3C(=O)C[C@]4(C(=O)NS(=O)(=O)C5(C)CC5)C[C@H]4/C=C\CC[C@@H](C)C[C@@H](COC)[C@H](CC(=O)OC(C)(C)C(F)(F)F)C(=O)N3C2)c2ccc(OC)cc12.CCOc1cnc(O[C@@H]2C[C@H]3C(=O)C[C@]4(C(=O)NS(=O)(=O)C5(C)CC5)C[C@H]4/C=C\CC[C@H](C)C[C@@H](COC)[C@H](CC(=O)OC(C)(C)C(F)(F)F)C(=O)N3C2)c2ccc(OC)cc12. The van der Waals surface area contributed by atoms with Crippen LogP contribution in [0.25, 0.3) is 21.5 Å². The van der Waals surface area contributed by atoms with Crippen LogP contribution in [0, 0.1) is 58.2 Å². The monoisotopic (exact) mass is 1790 g/mol. The van der Waals surface area contributed by atoms with Gasteiger partial charge in [-0.15, -0.1) is 0 Å². The lowest BCUT2D eigenvalue weighted by Gasteiger charge is -2.34. The number of benzene rings is 2. The Morgan fingerprint density at radius 1 is 0.540 bits per heavy atom. The predicted molar refractivity (Wildman–Crippen MR) is 441 cm³/mol. The van der Waals surface area contributed by atoms with Gasteiger partial charge in [-0.2, -0.15) is 26.3 Å². The Labute approximate surface area is 719 Å². The number of Topliss-reactive ketones (excluding diaryl/α,β-unsaturated/α-hetero) is 2. The maximum absolute atomic E-state index is 15.1. The topological polar surface area (TPSA) is 353 Å². The molecule has 0 spiro atoms. The van der Waals surface area contributed by atoms with Crippen molar-refractivity contribution in [1.29, 1.82) is 0 Å². The first kappa shape index (κ1) is 95.7. The van der Waals surface area contributed by atoms with Gasteiger partial charge in [-0.3, -0.25) is 47.8 Å². The number of allylic oxidation sites excluding steroid dienone is 4. The summed E-state index contributed by atoms with van der Waals surface area (Å²) in [7, 11) is -2.22. The van der Waals surface area contributed by atoms with E-state index in [2.05, 4.69) is 19.4 Å². The molecule has 2 N–H and O–H groups in total. The van der Waals surface area contributed by atoms with E-state index in [4.69, 9.17) is 47.4 Å². The first-order chi connectivity index (χ1) is 58.2. The highest BCUT2D eigenvalue weighted by Crippen LogP contribution is 2.60. The summed E-state index contributed by atoms with van der Waals surface area (Å²) in [5.41, 5.74) is -8.54. The summed E-state index contributed by atoms with van der Waals surface area (Å²) in [6.07, 6.45) is 1.49. The van der Waals surface area contributed by atoms with Crippen LogP contribution in [0.3, 0.4) is 0 Å². The molecule has 8 aliphatic rings. The summed E-state index contributed by atoms with van der Waals surface area (Å²) >= 11 is 0. The number of amides is 4. The van der Waals surface area contributed by atoms with Gasteiger partial charge in [-0.1, -0.05) is 38.2 Å². The molecule has 4 amide bonds. The maximum Gasteiger partial charge on any atom is 0.427 e. The van der Waals surface area contributed by atoms with Crippen molar-refractivity contribution in [2.75, 3.05) is 68.0 Å². The Morgan fingerprint density at radius 3 is 1.23 bits per heavy atom. The predicted octanol–water partition coefficient (Wildman–Crippen LogP) is 13.0. The van der Waals surface area contributed by atoms with E-state index in [0.717, 1.165) is 27.7 Å². The van der Waals surface area contributed by atoms with Gasteiger partial charge in [-0.25, -0.2) is 26.8 Å². The standard InChI is InChI=1S/2C44H58F3N3O11S/c2*1-8-59-36-23-48-38(31-14-13-29(58-7)18-33(31)36)60-30-19-34-35(51)22-43(40(54)49-62(55,56)42(5)15-16-42)21-28(43)12-10-9-11-26(2)17-27(25-57-6)32(39(53)50(34)24-30)20-37(52)61-41(3,4)44(45,46)47/h2*10,12-14,18,23,26-28,30,32,34H,8-9,11,15-17,19-22,24-25H2,1-7H3,(H,49,54)/b2*12-10-/t26-,27+,28-,30-,32+,34+,43-;26-,27-,28+,30+,32-,34-,43+/m10/s1. The van der Waals surface area contributed by atoms with Crippen LogP contribution < -0.4 is 37.9 Å². The fourth-order valence-corrected chi connectivity index (χ4v) is 20.0. The molecular formula is C88H116F6N6O22S2. The Bertz CT molecular complexity index is 4660. The Hall–Kier alpha value is -8.90. The minimum absolute atomic E-state index is 0.0246. The molecular weight excluding hydrogens is 1670 g/mol. The van der Waals surface area contributed by atoms with Crippen LogP contribution >= 0.6 is 0 Å². The highest BCUT2D eigenvalue weighted by Gasteiger charge is 2.65. The lowest BCUT2D eigenvalue weighted by Crippen LogP contribution is -2.49. The summed E-state index contributed by atoms with van der Waals surface area (Å²) in [6, 6.07) is 7.97. The van der Waals surface area contributed by atoms with Gasteiger partial charge in [0.1, 0.15) is 35.2 Å². The van der Waals surface area contributed by atoms with Crippen LogP contribution in [-0.4, -0.2) is 209 Å². The Balaban J connectivity index is 0.000000241. The number of ketones is 2. The van der Waals surface area contributed by atoms with Gasteiger partial charge in [-0.05, 0) is 204 Å². The summed E-state index contributed by atoms with van der Waals surface area (Å²) in [4.78, 5) is 127. The lowest BCUT2D eigenvalue weighted by atomic mass is 9.81. The molecule has 4 aliphatic heterocycles. The van der Waals surface area contributed by atoms with Crippen LogP contribution in [0.4, 0.5) is 26.3 Å². The number of nitrogens with zero attached hydrogens (tertiary/aromatic N) is 4. The van der Waals surface area contributed by atoms with E-state index in [1.807, 2.05) is 52.0 Å². The maximum atomic E-state index is 15.1. The third-order valence-corrected chi connectivity index (χ3v) is 30.4. The molecule has 6 heterocycles. The molecule has 2 aromatic heterocycles. The number of hydrogen-bond donors (Lipinski definition) is 2. The molecule has 0 radical (unpaired) electrons. The van der Waals surface area contributed by atoms with Gasteiger partial charge in [0.25, 0.3) is 0 Å². The molecule has 124 heavy (non-hydrogen) atoms. The fraction of sp³-hybridized carbons (Fsp3) is 0.659. The van der Waals surface area contributed by atoms with Gasteiger partial charge in [0, 0.05) is 74.7 Å². The number of nitrogens with one attached hydrogen (secondary N) is 2. The molecule has 6 fully saturated rings. The second-order valence-corrected chi connectivity index (χ2v) is 40.6. The third kappa shape index (κ3) is 21.2. The van der Waals surface area contributed by atoms with E-state index in [1.54, 1.807) is 50.2 Å². The smallest absolute Gasteiger partial charge is 0.427 e. The van der Waals surface area contributed by atoms with Gasteiger partial charge < -0.3 is 57.2 Å². The zero-order chi connectivity index (χ0) is 90.8. The number of rotatable bonds is 26. The minimum atomic E-state index is -4.90. The summed E-state index contributed by atoms with van der Waals surface area (Å²) in [5, 5.41) is 2.36. The van der Waals surface area contributed by atoms with Crippen molar-refractivity contribution >= 4 is 88.7 Å². The zero-order valence-electron chi connectivity index (χ0n) is 72.7. The molecule has 2 saturated heterocycles. The average Bonchev–Trinajstić information content (AvgIpc) is 1.57. The minimum Gasteiger partial charge on any atom is -0.497 e. The molecule has 0 bridgehead atoms. The van der Waals surface area contributed by atoms with Crippen molar-refractivity contribution in [2.24, 2.45) is 58.2 Å². The summed E-state index contributed by atoms with van der Waals surface area (Å²) in [5.74, 6) is -9.14. The molecule has 684 valence electrons. The van der Waals surface area contributed by atoms with Gasteiger partial charge >= 0.3 is 24.3 Å². The Kier molecular flexibility index (Phi) is 29.0. The first-order valence-corrected chi connectivity index (χ1v) is 45.3. The van der Waals surface area contributed by atoms with Crippen molar-refractivity contribution in [1.82, 2.24) is 29.2 Å². The van der Waals surface area contributed by atoms with Crippen molar-refractivity contribution in [2.45, 2.75) is 242 Å². The zero-order valence-corrected chi connectivity index (χ0v) is 74.3. The first-order valence-electron chi connectivity index (χ1n) is 42.4. The van der Waals surface area contributed by atoms with Crippen LogP contribution in [0.2, 0.25) is 0 Å². The average molecular weight is 1790 g/mol. The van der Waals surface area contributed by atoms with Crippen molar-refractivity contribution in [3.63, 3.8) is 0 Å². The number of halogens is 6. The quantitative estimate of drug-likeness (QED) is 0.0335. The molecule has 4 saturated carbocycles. The molecule has 12 rings (SSSR count). The number of carbonyl (C=O) groups excluding carboxylic acids is 8. The molecule has 4 aromatic rings. The number of sulfonamides is 2. The van der Waals surface area contributed by atoms with Gasteiger partial charge in [0.15, 0.2) is 11.6 Å². The summed E-state index contributed by atoms with van der Waals surface area (Å²) < 4.78 is 196. The number of pyridine rings is 2. The van der Waals surface area contributed by atoms with Crippen LogP contribution in [0.15, 0.2) is 73.1 Å². The van der Waals surface area contributed by atoms with E-state index in [-0.39, 0.29) is 75.6 Å². The lowest BCUT2D eigenvalue weighted by molar-refractivity contribution is -0.257. The number of hydrogen-bond acceptors (Lipinski definition) is 24. The molecule has 14 atom stereocenters. The van der Waals surface area contributed by atoms with Crippen LogP contribution in [0.5, 0.6) is 34.8 Å². The normalized spacial score (nSPS) is 28.5. The van der Waals surface area contributed by atoms with E-state index in [0.29, 0.717) is 122 Å². The van der Waals surface area contributed by atoms with Crippen LogP contribution in [0.1, 0.15) is 185 Å². The number of fused-ring (bicyclic) bond motifs is 6. The van der Waals surface area contributed by atoms with Crippen molar-refractivity contribution in [3.05, 3.63) is 73.1 Å². The highest BCUT2D eigenvalue weighted by molar-refractivity contribution is 7.92. The number of methoxy groups -OCH3 is 4. The molecule has 36 heteroatoms. The number of ether oxygens (including phenoxy) is 10. The van der Waals surface area contributed by atoms with Crippen molar-refractivity contribution in [3.8, 4) is 34.8 Å². The van der Waals surface area contributed by atoms with Crippen LogP contribution in [-0.2, 0) is 77.4 Å². The van der Waals surface area contributed by atoms with E-state index >= 15 is 9.59 Å². The second kappa shape index (κ2) is 37.6. The molecule has 0 unspecified atom stereocenters. The van der Waals surface area contributed by atoms with Crippen molar-refractivity contribution < 1.29 is 129 Å². The van der Waals surface area contributed by atoms with E-state index in [1.165, 1.54) is 50.6 Å². The second-order valence-electron chi connectivity index (χ2n) is 36.2. The van der Waals surface area contributed by atoms with E-state index in [9.17, 15) is 71.9 Å². The summed E-state index contributed by atoms with van der Waals surface area (Å²) in [6.45, 7) is 13.9. The largest absolute Gasteiger partial charge is 0.497 e. The van der Waals surface area contributed by atoms with E-state index < -0.39 is 197 Å². The molecule has 28 nitrogen and oxygen atoms in total. The third-order valence-electron chi connectivity index (χ3n) is 26.1. The molecule has 2 aromatic carbocycles. The Morgan fingerprint density at radius 2 is 0.903 bits per heavy atom. The molecule has 4 aliphatic carbocycles. The number of alkyl halides is 6.